The summed E-state index contributed by atoms with van der Waals surface area (Å²) in [6.45, 7) is 2.00. The number of aromatic amines is 1. The highest BCUT2D eigenvalue weighted by Gasteiger charge is 2.30. The van der Waals surface area contributed by atoms with E-state index in [9.17, 15) is 19.2 Å². The topological polar surface area (TPSA) is 133 Å². The number of aryl methyl sites for hydroxylation is 1. The van der Waals surface area contributed by atoms with Crippen LogP contribution in [0.2, 0.25) is 0 Å². The first-order valence-electron chi connectivity index (χ1n) is 11.3. The van der Waals surface area contributed by atoms with Crippen LogP contribution < -0.4 is 22.5 Å². The first-order valence-corrected chi connectivity index (χ1v) is 12.3. The molecule has 0 amide bonds. The molecular formula is C25H23N5O4S. The number of anilines is 1. The quantitative estimate of drug-likeness (QED) is 0.232. The molecule has 1 aliphatic carbocycles. The van der Waals surface area contributed by atoms with Crippen LogP contribution in [0.3, 0.4) is 0 Å². The fourth-order valence-corrected chi connectivity index (χ4v) is 5.06. The van der Waals surface area contributed by atoms with Crippen LogP contribution in [0.5, 0.6) is 0 Å². The molecule has 2 aromatic heterocycles. The fraction of sp³-hybridized carbons (Fsp3) is 0.240. The first kappa shape index (κ1) is 22.9. The number of fused-ring (bicyclic) bond motifs is 1. The van der Waals surface area contributed by atoms with Gasteiger partial charge in [-0.25, -0.2) is 9.78 Å². The van der Waals surface area contributed by atoms with Crippen molar-refractivity contribution in [2.45, 2.75) is 37.4 Å². The van der Waals surface area contributed by atoms with Crippen LogP contribution in [0, 0.1) is 0 Å². The summed E-state index contributed by atoms with van der Waals surface area (Å²) >= 11 is 1.05. The average molecular weight is 490 g/mol. The maximum Gasteiger partial charge on any atom is 0.330 e. The van der Waals surface area contributed by atoms with Crippen molar-refractivity contribution in [1.82, 2.24) is 19.1 Å². The maximum atomic E-state index is 13.5. The molecule has 2 aromatic carbocycles. The second kappa shape index (κ2) is 9.03. The van der Waals surface area contributed by atoms with Crippen LogP contribution in [0.1, 0.15) is 41.7 Å². The van der Waals surface area contributed by atoms with Gasteiger partial charge in [-0.15, -0.1) is 0 Å². The Labute approximate surface area is 203 Å². The Hall–Kier alpha value is -3.92. The molecule has 2 heterocycles. The fourth-order valence-electron chi connectivity index (χ4n) is 4.18. The highest BCUT2D eigenvalue weighted by Crippen LogP contribution is 2.35. The number of nitrogen functional groups attached to an aromatic ring is 1. The number of carbonyl (C=O) groups is 1. The van der Waals surface area contributed by atoms with Gasteiger partial charge in [0.05, 0.1) is 22.3 Å². The minimum absolute atomic E-state index is 0.101. The standard InChI is InChI=1S/C25H23N5O4S/c1-2-14-7-3-6-10-18(14)30-23(33)16-8-4-5-9-17(16)27-25(30)35-13-19(31)20-21(26)29(15-11-12-15)24(34)28-22(20)32/h3-10,15H,2,11-13,26H2,1H3,(H,28,32,34). The third kappa shape index (κ3) is 4.10. The number of Topliss-reactive ketones (excluding diaryl/α,β-unsaturated/α-hetero) is 1. The Morgan fingerprint density at radius 1 is 1.11 bits per heavy atom. The van der Waals surface area contributed by atoms with Gasteiger partial charge in [0.2, 0.25) is 0 Å². The van der Waals surface area contributed by atoms with Crippen molar-refractivity contribution in [2.24, 2.45) is 0 Å². The normalized spacial score (nSPS) is 13.3. The number of benzene rings is 2. The Kier molecular flexibility index (Phi) is 5.89. The van der Waals surface area contributed by atoms with Gasteiger partial charge in [0.1, 0.15) is 11.4 Å². The number of nitrogens with two attached hydrogens (primary N) is 1. The van der Waals surface area contributed by atoms with Crippen molar-refractivity contribution < 1.29 is 4.79 Å². The predicted octanol–water partition coefficient (Wildman–Crippen LogP) is 2.69. The lowest BCUT2D eigenvalue weighted by atomic mass is 10.1. The molecule has 0 atom stereocenters. The molecule has 0 saturated heterocycles. The van der Waals surface area contributed by atoms with E-state index in [1.165, 1.54) is 9.13 Å². The van der Waals surface area contributed by atoms with Crippen molar-refractivity contribution in [3.8, 4) is 5.69 Å². The molecule has 1 aliphatic rings. The van der Waals surface area contributed by atoms with E-state index in [2.05, 4.69) is 9.97 Å². The monoisotopic (exact) mass is 489 g/mol. The summed E-state index contributed by atoms with van der Waals surface area (Å²) in [5.41, 5.74) is 6.34. The summed E-state index contributed by atoms with van der Waals surface area (Å²) < 4.78 is 2.79. The number of H-pyrrole nitrogens is 1. The average Bonchev–Trinajstić information content (AvgIpc) is 3.67. The van der Waals surface area contributed by atoms with E-state index in [0.29, 0.717) is 28.2 Å². The minimum atomic E-state index is -0.810. The largest absolute Gasteiger partial charge is 0.384 e. The number of hydrogen-bond acceptors (Lipinski definition) is 7. The van der Waals surface area contributed by atoms with Crippen molar-refractivity contribution in [2.75, 3.05) is 11.5 Å². The third-order valence-electron chi connectivity index (χ3n) is 6.06. The summed E-state index contributed by atoms with van der Waals surface area (Å²) in [4.78, 5) is 58.2. The second-order valence-corrected chi connectivity index (χ2v) is 9.31. The van der Waals surface area contributed by atoms with E-state index in [1.54, 1.807) is 24.3 Å². The van der Waals surface area contributed by atoms with Crippen molar-refractivity contribution in [3.63, 3.8) is 0 Å². The number of aromatic nitrogens is 4. The van der Waals surface area contributed by atoms with Gasteiger partial charge in [0.25, 0.3) is 11.1 Å². The van der Waals surface area contributed by atoms with Crippen LogP contribution in [0.4, 0.5) is 5.82 Å². The lowest BCUT2D eigenvalue weighted by Crippen LogP contribution is -2.36. The first-order chi connectivity index (χ1) is 16.9. The number of carbonyl (C=O) groups excluding carboxylic acids is 1. The van der Waals surface area contributed by atoms with E-state index in [-0.39, 0.29) is 28.7 Å². The SMILES string of the molecule is CCc1ccccc1-n1c(SCC(=O)c2c(N)n(C3CC3)c(=O)[nH]c2=O)nc2ccccc2c1=O. The lowest BCUT2D eigenvalue weighted by molar-refractivity contribution is 0.102. The van der Waals surface area contributed by atoms with Crippen LogP contribution >= 0.6 is 11.8 Å². The Bertz CT molecular complexity index is 1650. The summed E-state index contributed by atoms with van der Waals surface area (Å²) in [5, 5.41) is 0.791. The van der Waals surface area contributed by atoms with Gasteiger partial charge in [0.15, 0.2) is 10.9 Å². The van der Waals surface area contributed by atoms with Crippen molar-refractivity contribution in [3.05, 3.63) is 90.8 Å². The van der Waals surface area contributed by atoms with E-state index >= 15 is 0 Å². The number of para-hydroxylation sites is 2. The minimum Gasteiger partial charge on any atom is -0.384 e. The third-order valence-corrected chi connectivity index (χ3v) is 7.00. The van der Waals surface area contributed by atoms with Gasteiger partial charge in [-0.05, 0) is 43.0 Å². The zero-order valence-corrected chi connectivity index (χ0v) is 19.8. The smallest absolute Gasteiger partial charge is 0.330 e. The molecule has 9 nitrogen and oxygen atoms in total. The molecule has 1 fully saturated rings. The number of rotatable bonds is 7. The molecule has 10 heteroatoms. The van der Waals surface area contributed by atoms with Crippen LogP contribution in [0.25, 0.3) is 16.6 Å². The number of nitrogens with one attached hydrogen (secondary N) is 1. The number of nitrogens with zero attached hydrogens (tertiary/aromatic N) is 3. The lowest BCUT2D eigenvalue weighted by Gasteiger charge is -2.16. The zero-order chi connectivity index (χ0) is 24.7. The predicted molar refractivity (Wildman–Crippen MR) is 136 cm³/mol. The molecule has 0 radical (unpaired) electrons. The molecule has 0 spiro atoms. The number of hydrogen-bond donors (Lipinski definition) is 2. The molecule has 1 saturated carbocycles. The molecule has 3 N–H and O–H groups in total. The summed E-state index contributed by atoms with van der Waals surface area (Å²) in [5.74, 6) is -0.845. The molecule has 5 rings (SSSR count). The molecular weight excluding hydrogens is 466 g/mol. The summed E-state index contributed by atoms with van der Waals surface area (Å²) in [7, 11) is 0. The molecule has 178 valence electrons. The summed E-state index contributed by atoms with van der Waals surface area (Å²) in [6.07, 6.45) is 2.23. The molecule has 0 bridgehead atoms. The van der Waals surface area contributed by atoms with Gasteiger partial charge < -0.3 is 5.73 Å². The highest BCUT2D eigenvalue weighted by atomic mass is 32.2. The summed E-state index contributed by atoms with van der Waals surface area (Å²) in [6, 6.07) is 14.5. The number of ketones is 1. The van der Waals surface area contributed by atoms with E-state index in [0.717, 1.165) is 30.2 Å². The molecule has 0 unspecified atom stereocenters. The Balaban J connectivity index is 1.58. The molecule has 0 aliphatic heterocycles. The Morgan fingerprint density at radius 2 is 1.83 bits per heavy atom. The number of thioether (sulfide) groups is 1. The van der Waals surface area contributed by atoms with Crippen LogP contribution in [-0.2, 0) is 6.42 Å². The van der Waals surface area contributed by atoms with Crippen molar-refractivity contribution in [1.29, 1.82) is 0 Å². The van der Waals surface area contributed by atoms with Gasteiger partial charge in [-0.2, -0.15) is 0 Å². The van der Waals surface area contributed by atoms with Gasteiger partial charge in [-0.1, -0.05) is 49.0 Å². The van der Waals surface area contributed by atoms with Crippen LogP contribution in [-0.4, -0.2) is 30.6 Å². The second-order valence-electron chi connectivity index (χ2n) is 8.37. The maximum absolute atomic E-state index is 13.5. The van der Waals surface area contributed by atoms with Gasteiger partial charge in [0, 0.05) is 6.04 Å². The zero-order valence-electron chi connectivity index (χ0n) is 19.0. The highest BCUT2D eigenvalue weighted by molar-refractivity contribution is 7.99. The van der Waals surface area contributed by atoms with E-state index < -0.39 is 17.0 Å². The van der Waals surface area contributed by atoms with E-state index in [4.69, 9.17) is 5.73 Å². The van der Waals surface area contributed by atoms with Gasteiger partial charge in [-0.3, -0.25) is 28.5 Å². The van der Waals surface area contributed by atoms with Crippen LogP contribution in [0.15, 0.2) is 68.1 Å². The van der Waals surface area contributed by atoms with Gasteiger partial charge >= 0.3 is 5.69 Å². The van der Waals surface area contributed by atoms with E-state index in [1.807, 2.05) is 31.2 Å². The molecule has 4 aromatic rings. The molecule has 35 heavy (non-hydrogen) atoms. The Morgan fingerprint density at radius 3 is 2.57 bits per heavy atom. The van der Waals surface area contributed by atoms with Crippen molar-refractivity contribution >= 4 is 34.3 Å².